The van der Waals surface area contributed by atoms with Gasteiger partial charge in [-0.1, -0.05) is 33.6 Å². The maximum Gasteiger partial charge on any atom is 1.00 e. The number of rotatable bonds is 2. The van der Waals surface area contributed by atoms with Crippen LogP contribution in [0.3, 0.4) is 0 Å². The summed E-state index contributed by atoms with van der Waals surface area (Å²) in [5.74, 6) is 1.79. The molecule has 0 amide bonds. The molecular weight excluding hydrogens is 307 g/mol. The van der Waals surface area contributed by atoms with E-state index >= 15 is 0 Å². The molecule has 13 heavy (non-hydrogen) atoms. The first-order valence-corrected chi connectivity index (χ1v) is 4.04. The number of furan rings is 1. The van der Waals surface area contributed by atoms with Gasteiger partial charge in [-0.3, -0.25) is 5.56 Å². The Labute approximate surface area is 179 Å². The van der Waals surface area contributed by atoms with E-state index in [1.54, 1.807) is 0 Å². The van der Waals surface area contributed by atoms with Crippen LogP contribution in [-0.4, -0.2) is 0 Å². The first kappa shape index (κ1) is 18.3. The second kappa shape index (κ2) is 8.98. The second-order valence-corrected chi connectivity index (χ2v) is 3.42. The standard InChI is InChI=1S/C10H14O.2Rb/c1-7(2)9-5-10(8(3)4)11-6-9;;/h7-8H,1-4H3;;/q-2;2*+1. The Balaban J connectivity index is 0. The summed E-state index contributed by atoms with van der Waals surface area (Å²) >= 11 is 0. The monoisotopic (exact) mass is 320 g/mol. The molecule has 0 radical (unpaired) electrons. The Morgan fingerprint density at radius 3 is 1.77 bits per heavy atom. The molecule has 0 N–H and O–H groups in total. The normalized spacial score (nSPS) is 9.69. The van der Waals surface area contributed by atoms with Crippen LogP contribution >= 0.6 is 0 Å². The minimum Gasteiger partial charge on any atom is -0.728 e. The van der Waals surface area contributed by atoms with E-state index < -0.39 is 0 Å². The van der Waals surface area contributed by atoms with Gasteiger partial charge in [-0.15, -0.1) is 5.92 Å². The Hall–Kier alpha value is 2.89. The summed E-state index contributed by atoms with van der Waals surface area (Å²) in [6.07, 6.45) is 2.86. The molecule has 62 valence electrons. The fourth-order valence-electron chi connectivity index (χ4n) is 0.818. The molecule has 1 nitrogen and oxygen atoms in total. The van der Waals surface area contributed by atoms with Crippen molar-refractivity contribution in [2.24, 2.45) is 0 Å². The fraction of sp³-hybridized carbons (Fsp3) is 0.600. The quantitative estimate of drug-likeness (QED) is 0.534. The molecule has 0 unspecified atom stereocenters. The van der Waals surface area contributed by atoms with Crippen LogP contribution in [0, 0.1) is 12.3 Å². The van der Waals surface area contributed by atoms with Crippen LogP contribution in [0.2, 0.25) is 0 Å². The van der Waals surface area contributed by atoms with Crippen molar-refractivity contribution in [2.45, 2.75) is 39.5 Å². The summed E-state index contributed by atoms with van der Waals surface area (Å²) in [5, 5.41) is 0. The smallest absolute Gasteiger partial charge is 0.728 e. The molecule has 1 aromatic rings. The third kappa shape index (κ3) is 6.25. The first-order valence-electron chi connectivity index (χ1n) is 4.04. The second-order valence-electron chi connectivity index (χ2n) is 3.42. The summed E-state index contributed by atoms with van der Waals surface area (Å²) in [4.78, 5) is 0. The average molecular weight is 321 g/mol. The average Bonchev–Trinajstić information content (AvgIpc) is 2.33. The summed E-state index contributed by atoms with van der Waals surface area (Å²) in [7, 11) is 0. The molecule has 0 aliphatic carbocycles. The first-order chi connectivity index (χ1) is 5.11. The predicted octanol–water partition coefficient (Wildman–Crippen LogP) is -2.87. The van der Waals surface area contributed by atoms with Crippen molar-refractivity contribution in [3.63, 3.8) is 0 Å². The zero-order valence-corrected chi connectivity index (χ0v) is 19.4. The van der Waals surface area contributed by atoms with Crippen LogP contribution in [0.4, 0.5) is 0 Å². The van der Waals surface area contributed by atoms with Crippen LogP contribution in [0.5, 0.6) is 0 Å². The Morgan fingerprint density at radius 1 is 1.00 bits per heavy atom. The van der Waals surface area contributed by atoms with Gasteiger partial charge in [-0.25, -0.2) is 5.76 Å². The largest absolute Gasteiger partial charge is 1.00 e. The van der Waals surface area contributed by atoms with Gasteiger partial charge in [0.05, 0.1) is 0 Å². The fourth-order valence-corrected chi connectivity index (χ4v) is 0.818. The van der Waals surface area contributed by atoms with Gasteiger partial charge in [0.1, 0.15) is 0 Å². The minimum atomic E-state index is 0. The summed E-state index contributed by atoms with van der Waals surface area (Å²) in [6.45, 7) is 8.41. The Bertz CT molecular complexity index is 206. The molecule has 1 heterocycles. The van der Waals surface area contributed by atoms with Crippen LogP contribution in [-0.2, 0) is 0 Å². The molecule has 1 aromatic heterocycles. The maximum absolute atomic E-state index is 5.21. The van der Waals surface area contributed by atoms with E-state index in [1.165, 1.54) is 0 Å². The molecule has 1 rings (SSSR count). The van der Waals surface area contributed by atoms with Gasteiger partial charge >= 0.3 is 116 Å². The molecule has 0 aliphatic heterocycles. The minimum absolute atomic E-state index is 0. The molecule has 0 aliphatic rings. The number of hydrogen-bond acceptors (Lipinski definition) is 1. The van der Waals surface area contributed by atoms with Gasteiger partial charge in [-0.2, -0.15) is 6.26 Å². The van der Waals surface area contributed by atoms with Gasteiger partial charge in [-0.05, 0) is 0 Å². The molecule has 0 bridgehead atoms. The van der Waals surface area contributed by atoms with Crippen LogP contribution in [0.1, 0.15) is 50.9 Å². The van der Waals surface area contributed by atoms with Gasteiger partial charge < -0.3 is 10.5 Å². The number of hydrogen-bond donors (Lipinski definition) is 0. The Kier molecular flexibility index (Phi) is 12.6. The summed E-state index contributed by atoms with van der Waals surface area (Å²) in [5.41, 5.74) is 1.05. The molecule has 0 saturated carbocycles. The third-order valence-electron chi connectivity index (χ3n) is 1.63. The van der Waals surface area contributed by atoms with E-state index in [0.29, 0.717) is 11.8 Å². The van der Waals surface area contributed by atoms with E-state index in [4.69, 9.17) is 4.42 Å². The van der Waals surface area contributed by atoms with Crippen molar-refractivity contribution >= 4 is 0 Å². The zero-order chi connectivity index (χ0) is 8.43. The van der Waals surface area contributed by atoms with Crippen molar-refractivity contribution < 1.29 is 121 Å². The Morgan fingerprint density at radius 2 is 1.54 bits per heavy atom. The van der Waals surface area contributed by atoms with Crippen molar-refractivity contribution in [3.05, 3.63) is 23.7 Å². The predicted molar refractivity (Wildman–Crippen MR) is 44.6 cm³/mol. The van der Waals surface area contributed by atoms with Gasteiger partial charge in [0.2, 0.25) is 0 Å². The SMILES string of the molecule is CC(C)c1[c-]oc(C(C)C)[c-]1.[Rb+].[Rb+]. The van der Waals surface area contributed by atoms with E-state index in [1.807, 2.05) is 0 Å². The van der Waals surface area contributed by atoms with E-state index in [-0.39, 0.29) is 116 Å². The van der Waals surface area contributed by atoms with Gasteiger partial charge in [0.15, 0.2) is 0 Å². The maximum atomic E-state index is 5.21. The van der Waals surface area contributed by atoms with Crippen molar-refractivity contribution in [1.29, 1.82) is 0 Å². The molecule has 0 atom stereocenters. The van der Waals surface area contributed by atoms with Crippen molar-refractivity contribution in [1.82, 2.24) is 0 Å². The van der Waals surface area contributed by atoms with Crippen LogP contribution in [0.15, 0.2) is 4.42 Å². The van der Waals surface area contributed by atoms with Crippen molar-refractivity contribution in [3.8, 4) is 0 Å². The van der Waals surface area contributed by atoms with Crippen molar-refractivity contribution in [2.75, 3.05) is 0 Å². The molecular formula is C10H14ORb2. The van der Waals surface area contributed by atoms with E-state index in [2.05, 4.69) is 40.0 Å². The summed E-state index contributed by atoms with van der Waals surface area (Å²) in [6, 6.07) is 3.19. The van der Waals surface area contributed by atoms with Gasteiger partial charge in [0, 0.05) is 0 Å². The third-order valence-corrected chi connectivity index (χ3v) is 1.63. The molecule has 0 aromatic carbocycles. The van der Waals surface area contributed by atoms with E-state index in [0.717, 1.165) is 11.3 Å². The topological polar surface area (TPSA) is 13.1 Å². The van der Waals surface area contributed by atoms with Crippen LogP contribution in [0.25, 0.3) is 0 Å². The summed E-state index contributed by atoms with van der Waals surface area (Å²) < 4.78 is 5.21. The van der Waals surface area contributed by atoms with Crippen LogP contribution < -0.4 is 116 Å². The molecule has 0 spiro atoms. The molecule has 3 heteroatoms. The molecule has 0 saturated heterocycles. The molecule has 0 fully saturated rings. The zero-order valence-electron chi connectivity index (χ0n) is 9.56. The van der Waals surface area contributed by atoms with E-state index in [9.17, 15) is 0 Å². The van der Waals surface area contributed by atoms with Gasteiger partial charge in [0.25, 0.3) is 0 Å².